The summed E-state index contributed by atoms with van der Waals surface area (Å²) in [6.07, 6.45) is 5.25. The Morgan fingerprint density at radius 2 is 1.73 bits per heavy atom. The molecule has 2 unspecified atom stereocenters. The predicted octanol–water partition coefficient (Wildman–Crippen LogP) is 1.39. The minimum Gasteiger partial charge on any atom is -0.352 e. The van der Waals surface area contributed by atoms with Gasteiger partial charge >= 0.3 is 0 Å². The quantitative estimate of drug-likeness (QED) is 0.368. The van der Waals surface area contributed by atoms with Crippen molar-refractivity contribution in [3.63, 3.8) is 0 Å². The number of hydrogen-bond donors (Lipinski definition) is 3. The number of nitrogen functional groups attached to an aromatic ring is 1. The molecule has 8 nitrogen and oxygen atoms in total. The number of likely N-dealkylation sites (N-methyl/N-ethyl adjacent to an activating group) is 2. The van der Waals surface area contributed by atoms with Crippen LogP contribution in [0.15, 0.2) is 0 Å². The molecule has 1 aromatic heterocycles. The van der Waals surface area contributed by atoms with Gasteiger partial charge in [-0.3, -0.25) is 0 Å². The fraction of sp³-hybridized carbons (Fsp3) is 0.800. The van der Waals surface area contributed by atoms with Gasteiger partial charge in [-0.15, -0.1) is 0 Å². The van der Waals surface area contributed by atoms with Gasteiger partial charge in [-0.2, -0.15) is 14.4 Å². The Morgan fingerprint density at radius 1 is 1.10 bits per heavy atom. The van der Waals surface area contributed by atoms with E-state index in [0.717, 1.165) is 19.1 Å². The second-order valence-electron chi connectivity index (χ2n) is 9.82. The molecule has 0 bridgehead atoms. The molecule has 4 N–H and O–H groups in total. The van der Waals surface area contributed by atoms with Gasteiger partial charge in [0.15, 0.2) is 11.6 Å². The highest BCUT2D eigenvalue weighted by Crippen LogP contribution is 2.55. The van der Waals surface area contributed by atoms with Gasteiger partial charge in [0.05, 0.1) is 0 Å². The molecule has 3 heterocycles. The van der Waals surface area contributed by atoms with Gasteiger partial charge in [0, 0.05) is 43.7 Å². The van der Waals surface area contributed by atoms with E-state index in [1.54, 1.807) is 0 Å². The van der Waals surface area contributed by atoms with Crippen molar-refractivity contribution >= 4 is 23.2 Å². The van der Waals surface area contributed by atoms with Crippen molar-refractivity contribution in [2.75, 3.05) is 64.7 Å². The number of halogens is 2. The largest absolute Gasteiger partial charge is 0.352 e. The fourth-order valence-electron chi connectivity index (χ4n) is 5.38. The van der Waals surface area contributed by atoms with Crippen LogP contribution in [0.5, 0.6) is 0 Å². The van der Waals surface area contributed by atoms with Crippen molar-refractivity contribution in [3.8, 4) is 0 Å². The lowest BCUT2D eigenvalue weighted by molar-refractivity contribution is 0.241. The lowest BCUT2D eigenvalue weighted by Gasteiger charge is -2.24. The van der Waals surface area contributed by atoms with Crippen molar-refractivity contribution in [3.05, 3.63) is 11.1 Å². The first-order valence-electron chi connectivity index (χ1n) is 10.7. The topological polar surface area (TPSA) is 85.6 Å². The predicted molar refractivity (Wildman–Crippen MR) is 118 cm³/mol. The Labute approximate surface area is 183 Å². The third kappa shape index (κ3) is 3.98. The molecular formula is C20H34ClFN8. The SMILES string of the molecule is CN(C)C1CN(c2nc(Cl)nc(NN)c2F)CC12CC2.CN(C)C1CNCC12CC2. The van der Waals surface area contributed by atoms with Crippen LogP contribution in [0.2, 0.25) is 5.28 Å². The number of nitrogens with two attached hydrogens (primary N) is 1. The Balaban J connectivity index is 0.000000181. The maximum absolute atomic E-state index is 14.3. The van der Waals surface area contributed by atoms with Crippen LogP contribution in [0, 0.1) is 16.6 Å². The second-order valence-corrected chi connectivity index (χ2v) is 10.2. The average Bonchev–Trinajstić information content (AvgIpc) is 3.53. The van der Waals surface area contributed by atoms with Gasteiger partial charge in [-0.25, -0.2) is 5.84 Å². The van der Waals surface area contributed by atoms with E-state index >= 15 is 0 Å². The van der Waals surface area contributed by atoms with E-state index < -0.39 is 5.82 Å². The maximum Gasteiger partial charge on any atom is 0.226 e. The summed E-state index contributed by atoms with van der Waals surface area (Å²) in [5.74, 6) is 4.87. The highest BCUT2D eigenvalue weighted by atomic mass is 35.5. The van der Waals surface area contributed by atoms with Gasteiger partial charge in [0.25, 0.3) is 0 Å². The molecule has 2 spiro atoms. The number of anilines is 2. The summed E-state index contributed by atoms with van der Waals surface area (Å²) in [6, 6.07) is 1.22. The standard InChI is InChI=1S/C12H18ClFN6.C8H16N2/c1-19(2)7-5-20(6-12(7)3-4-12)10-8(14)9(18-15)16-11(13)17-10;1-10(2)7-5-9-6-8(7)3-4-8/h7H,3-6,15H2,1-2H3,(H,16,17,18);7,9H,3-6H2,1-2H3. The van der Waals surface area contributed by atoms with E-state index in [-0.39, 0.29) is 22.3 Å². The summed E-state index contributed by atoms with van der Waals surface area (Å²) in [5.41, 5.74) is 3.19. The van der Waals surface area contributed by atoms with Crippen LogP contribution in [-0.2, 0) is 0 Å². The Morgan fingerprint density at radius 3 is 2.20 bits per heavy atom. The van der Waals surface area contributed by atoms with Crippen molar-refractivity contribution in [1.82, 2.24) is 25.1 Å². The highest BCUT2D eigenvalue weighted by Gasteiger charge is 2.56. The zero-order valence-corrected chi connectivity index (χ0v) is 19.1. The van der Waals surface area contributed by atoms with E-state index in [2.05, 4.69) is 58.7 Å². The van der Waals surface area contributed by atoms with Crippen LogP contribution in [0.25, 0.3) is 0 Å². The lowest BCUT2D eigenvalue weighted by atomic mass is 10.0. The summed E-state index contributed by atoms with van der Waals surface area (Å²) in [5, 5.41) is 3.46. The second kappa shape index (κ2) is 8.02. The summed E-state index contributed by atoms with van der Waals surface area (Å²) in [7, 11) is 8.50. The molecule has 4 fully saturated rings. The molecule has 2 atom stereocenters. The van der Waals surface area contributed by atoms with E-state index in [1.807, 2.05) is 4.90 Å². The van der Waals surface area contributed by atoms with Gasteiger partial charge in [-0.05, 0) is 70.9 Å². The Hall–Kier alpha value is -1.26. The molecule has 0 radical (unpaired) electrons. The van der Waals surface area contributed by atoms with Crippen LogP contribution in [0.4, 0.5) is 16.0 Å². The van der Waals surface area contributed by atoms with Gasteiger partial charge < -0.3 is 25.4 Å². The third-order valence-corrected chi connectivity index (χ3v) is 7.57. The summed E-state index contributed by atoms with van der Waals surface area (Å²) in [4.78, 5) is 14.3. The average molecular weight is 441 g/mol. The van der Waals surface area contributed by atoms with Crippen molar-refractivity contribution < 1.29 is 4.39 Å². The van der Waals surface area contributed by atoms with Crippen molar-refractivity contribution in [2.45, 2.75) is 37.8 Å². The normalized spacial score (nSPS) is 27.7. The first kappa shape index (κ1) is 22.0. The van der Waals surface area contributed by atoms with Gasteiger partial charge in [-0.1, -0.05) is 0 Å². The summed E-state index contributed by atoms with van der Waals surface area (Å²) in [6.45, 7) is 3.99. The third-order valence-electron chi connectivity index (χ3n) is 7.40. The smallest absolute Gasteiger partial charge is 0.226 e. The molecule has 5 rings (SSSR count). The van der Waals surface area contributed by atoms with Gasteiger partial charge in [0.2, 0.25) is 11.1 Å². The number of aromatic nitrogens is 2. The molecule has 2 aliphatic heterocycles. The van der Waals surface area contributed by atoms with Crippen LogP contribution in [0.1, 0.15) is 25.7 Å². The summed E-state index contributed by atoms with van der Waals surface area (Å²) < 4.78 is 14.3. The Kier molecular flexibility index (Phi) is 5.87. The van der Waals surface area contributed by atoms with E-state index in [4.69, 9.17) is 17.4 Å². The zero-order valence-electron chi connectivity index (χ0n) is 18.4. The number of nitrogens with zero attached hydrogens (tertiary/aromatic N) is 5. The lowest BCUT2D eigenvalue weighted by Crippen LogP contribution is -2.36. The molecule has 30 heavy (non-hydrogen) atoms. The minimum atomic E-state index is -0.549. The molecule has 0 aromatic carbocycles. The molecule has 1 aromatic rings. The van der Waals surface area contributed by atoms with Crippen LogP contribution < -0.4 is 21.5 Å². The molecule has 0 amide bonds. The van der Waals surface area contributed by atoms with Crippen molar-refractivity contribution in [2.24, 2.45) is 16.7 Å². The molecule has 10 heteroatoms. The zero-order chi connectivity index (χ0) is 21.7. The highest BCUT2D eigenvalue weighted by molar-refractivity contribution is 6.28. The first-order chi connectivity index (χ1) is 14.2. The molecular weight excluding hydrogens is 407 g/mol. The van der Waals surface area contributed by atoms with Crippen LogP contribution >= 0.6 is 11.6 Å². The van der Waals surface area contributed by atoms with Crippen molar-refractivity contribution in [1.29, 1.82) is 0 Å². The van der Waals surface area contributed by atoms with Gasteiger partial charge in [0.1, 0.15) is 0 Å². The first-order valence-corrected chi connectivity index (χ1v) is 11.1. The molecule has 2 aliphatic carbocycles. The van der Waals surface area contributed by atoms with Crippen LogP contribution in [-0.4, -0.2) is 86.2 Å². The van der Waals surface area contributed by atoms with Crippen LogP contribution in [0.3, 0.4) is 0 Å². The van der Waals surface area contributed by atoms with E-state index in [0.29, 0.717) is 11.5 Å². The maximum atomic E-state index is 14.3. The number of rotatable bonds is 4. The monoisotopic (exact) mass is 440 g/mol. The number of nitrogens with one attached hydrogen (secondary N) is 2. The van der Waals surface area contributed by atoms with E-state index in [9.17, 15) is 4.39 Å². The molecule has 2 saturated carbocycles. The Bertz CT molecular complexity index is 780. The number of hydrogen-bond acceptors (Lipinski definition) is 8. The molecule has 168 valence electrons. The molecule has 4 aliphatic rings. The summed E-state index contributed by atoms with van der Waals surface area (Å²) >= 11 is 5.84. The minimum absolute atomic E-state index is 0.00694. The fourth-order valence-corrected chi connectivity index (χ4v) is 5.55. The molecule has 2 saturated heterocycles. The van der Waals surface area contributed by atoms with E-state index in [1.165, 1.54) is 38.8 Å². The number of hydrazine groups is 1.